The van der Waals surface area contributed by atoms with Gasteiger partial charge in [0.1, 0.15) is 0 Å². The molecule has 0 saturated carbocycles. The molecular formula is C22H21Cl2N. The van der Waals surface area contributed by atoms with E-state index in [4.69, 9.17) is 28.9 Å². The van der Waals surface area contributed by atoms with Crippen molar-refractivity contribution in [2.45, 2.75) is 19.4 Å². The molecule has 0 saturated heterocycles. The number of hydrogen-bond acceptors (Lipinski definition) is 1. The lowest BCUT2D eigenvalue weighted by molar-refractivity contribution is 0.534. The van der Waals surface area contributed by atoms with Crippen LogP contribution in [0.15, 0.2) is 66.7 Å². The van der Waals surface area contributed by atoms with Crippen LogP contribution in [0.3, 0.4) is 0 Å². The zero-order chi connectivity index (χ0) is 17.8. The minimum absolute atomic E-state index is 0.0474. The summed E-state index contributed by atoms with van der Waals surface area (Å²) < 4.78 is 0. The van der Waals surface area contributed by atoms with E-state index in [1.807, 2.05) is 25.1 Å². The van der Waals surface area contributed by atoms with Crippen LogP contribution in [0.2, 0.25) is 10.0 Å². The Kier molecular flexibility index (Phi) is 5.80. The molecule has 1 nitrogen and oxygen atoms in total. The Labute approximate surface area is 159 Å². The van der Waals surface area contributed by atoms with Gasteiger partial charge in [0.25, 0.3) is 0 Å². The maximum Gasteiger partial charge on any atom is 0.0595 e. The van der Waals surface area contributed by atoms with E-state index in [1.54, 1.807) is 0 Å². The van der Waals surface area contributed by atoms with Crippen molar-refractivity contribution < 1.29 is 0 Å². The molecule has 128 valence electrons. The molecule has 0 aliphatic carbocycles. The SMILES string of the molecule is CC(N)C(C=Cc1ccc2ccccc2c1)Cc1ccc(Cl)c(Cl)c1. The topological polar surface area (TPSA) is 26.0 Å². The fraction of sp³-hybridized carbons (Fsp3) is 0.182. The summed E-state index contributed by atoms with van der Waals surface area (Å²) in [4.78, 5) is 0. The van der Waals surface area contributed by atoms with Crippen molar-refractivity contribution in [2.75, 3.05) is 0 Å². The molecule has 3 rings (SSSR count). The molecule has 0 bridgehead atoms. The van der Waals surface area contributed by atoms with Gasteiger partial charge in [0, 0.05) is 6.04 Å². The van der Waals surface area contributed by atoms with E-state index in [0.717, 1.165) is 12.0 Å². The Balaban J connectivity index is 1.80. The fourth-order valence-electron chi connectivity index (χ4n) is 2.91. The first-order valence-electron chi connectivity index (χ1n) is 8.39. The summed E-state index contributed by atoms with van der Waals surface area (Å²) in [5.41, 5.74) is 8.51. The maximum absolute atomic E-state index is 6.20. The van der Waals surface area contributed by atoms with Crippen molar-refractivity contribution in [3.05, 3.63) is 87.9 Å². The molecule has 0 aliphatic heterocycles. The number of rotatable bonds is 5. The quantitative estimate of drug-likeness (QED) is 0.555. The molecule has 0 radical (unpaired) electrons. The van der Waals surface area contributed by atoms with E-state index in [9.17, 15) is 0 Å². The van der Waals surface area contributed by atoms with Gasteiger partial charge >= 0.3 is 0 Å². The fourth-order valence-corrected chi connectivity index (χ4v) is 3.23. The van der Waals surface area contributed by atoms with E-state index in [-0.39, 0.29) is 12.0 Å². The maximum atomic E-state index is 6.20. The Morgan fingerprint density at radius 3 is 2.40 bits per heavy atom. The number of fused-ring (bicyclic) bond motifs is 1. The number of halogens is 2. The summed E-state index contributed by atoms with van der Waals surface area (Å²) in [6.45, 7) is 2.03. The number of benzene rings is 3. The molecule has 0 aromatic heterocycles. The zero-order valence-corrected chi connectivity index (χ0v) is 15.6. The molecule has 2 N–H and O–H groups in total. The molecule has 2 unspecified atom stereocenters. The zero-order valence-electron chi connectivity index (χ0n) is 14.1. The van der Waals surface area contributed by atoms with Crippen molar-refractivity contribution >= 4 is 40.1 Å². The van der Waals surface area contributed by atoms with Gasteiger partial charge in [-0.2, -0.15) is 0 Å². The second kappa shape index (κ2) is 8.05. The van der Waals surface area contributed by atoms with Gasteiger partial charge in [-0.3, -0.25) is 0 Å². The van der Waals surface area contributed by atoms with E-state index in [1.165, 1.54) is 16.3 Å². The van der Waals surface area contributed by atoms with Crippen LogP contribution in [0.4, 0.5) is 0 Å². The highest BCUT2D eigenvalue weighted by Gasteiger charge is 2.12. The van der Waals surface area contributed by atoms with E-state index >= 15 is 0 Å². The summed E-state index contributed by atoms with van der Waals surface area (Å²) in [5, 5.41) is 3.65. The summed E-state index contributed by atoms with van der Waals surface area (Å²) in [7, 11) is 0. The average Bonchev–Trinajstić information content (AvgIpc) is 2.61. The first kappa shape index (κ1) is 18.0. The normalized spacial score (nSPS) is 14.1. The van der Waals surface area contributed by atoms with Crippen LogP contribution in [-0.4, -0.2) is 6.04 Å². The lowest BCUT2D eigenvalue weighted by Crippen LogP contribution is -2.26. The average molecular weight is 370 g/mol. The molecule has 3 aromatic rings. The third-order valence-corrected chi connectivity index (χ3v) is 5.18. The third kappa shape index (κ3) is 4.64. The molecule has 0 fully saturated rings. The molecule has 3 heteroatoms. The standard InChI is InChI=1S/C22H21Cl2N/c1-15(25)19(13-17-8-11-21(23)22(24)14-17)10-7-16-6-9-18-4-2-3-5-20(18)12-16/h2-12,14-15,19H,13,25H2,1H3. The molecule has 0 aliphatic rings. The summed E-state index contributed by atoms with van der Waals surface area (Å²) in [5.74, 6) is 0.226. The highest BCUT2D eigenvalue weighted by molar-refractivity contribution is 6.42. The van der Waals surface area contributed by atoms with Gasteiger partial charge < -0.3 is 5.73 Å². The van der Waals surface area contributed by atoms with Gasteiger partial charge in [0.15, 0.2) is 0 Å². The summed E-state index contributed by atoms with van der Waals surface area (Å²) in [6.07, 6.45) is 5.17. The van der Waals surface area contributed by atoms with Gasteiger partial charge in [0.2, 0.25) is 0 Å². The van der Waals surface area contributed by atoms with Crippen LogP contribution < -0.4 is 5.73 Å². The van der Waals surface area contributed by atoms with Gasteiger partial charge in [0.05, 0.1) is 10.0 Å². The molecule has 3 aromatic carbocycles. The van der Waals surface area contributed by atoms with Crippen LogP contribution >= 0.6 is 23.2 Å². The number of nitrogens with two attached hydrogens (primary N) is 1. The van der Waals surface area contributed by atoms with Crippen molar-refractivity contribution in [3.8, 4) is 0 Å². The second-order valence-corrected chi connectivity index (χ2v) is 7.26. The minimum Gasteiger partial charge on any atom is -0.327 e. The van der Waals surface area contributed by atoms with E-state index in [2.05, 4.69) is 54.6 Å². The van der Waals surface area contributed by atoms with Crippen molar-refractivity contribution in [3.63, 3.8) is 0 Å². The number of hydrogen-bond donors (Lipinski definition) is 1. The highest BCUT2D eigenvalue weighted by atomic mass is 35.5. The summed E-state index contributed by atoms with van der Waals surface area (Å²) >= 11 is 12.1. The summed E-state index contributed by atoms with van der Waals surface area (Å²) in [6, 6.07) is 20.7. The van der Waals surface area contributed by atoms with Crippen LogP contribution in [0.25, 0.3) is 16.8 Å². The Morgan fingerprint density at radius 1 is 0.920 bits per heavy atom. The lowest BCUT2D eigenvalue weighted by Gasteiger charge is -2.17. The Morgan fingerprint density at radius 2 is 1.68 bits per heavy atom. The Hall–Kier alpha value is -1.80. The lowest BCUT2D eigenvalue weighted by atomic mass is 9.92. The van der Waals surface area contributed by atoms with Crippen molar-refractivity contribution in [1.82, 2.24) is 0 Å². The van der Waals surface area contributed by atoms with Crippen LogP contribution in [0, 0.1) is 5.92 Å². The van der Waals surface area contributed by atoms with E-state index in [0.29, 0.717) is 10.0 Å². The van der Waals surface area contributed by atoms with Crippen LogP contribution in [0.1, 0.15) is 18.1 Å². The second-order valence-electron chi connectivity index (χ2n) is 6.44. The first-order chi connectivity index (χ1) is 12.0. The Bertz CT molecular complexity index is 899. The predicted octanol–water partition coefficient (Wildman–Crippen LogP) is 6.37. The van der Waals surface area contributed by atoms with Gasteiger partial charge in [-0.1, -0.05) is 77.8 Å². The van der Waals surface area contributed by atoms with Crippen molar-refractivity contribution in [2.24, 2.45) is 11.7 Å². The highest BCUT2D eigenvalue weighted by Crippen LogP contribution is 2.25. The first-order valence-corrected chi connectivity index (χ1v) is 9.15. The smallest absolute Gasteiger partial charge is 0.0595 e. The monoisotopic (exact) mass is 369 g/mol. The molecule has 0 heterocycles. The van der Waals surface area contributed by atoms with Gasteiger partial charge in [-0.15, -0.1) is 0 Å². The van der Waals surface area contributed by atoms with Gasteiger partial charge in [-0.05, 0) is 59.4 Å². The van der Waals surface area contributed by atoms with E-state index < -0.39 is 0 Å². The van der Waals surface area contributed by atoms with Crippen LogP contribution in [-0.2, 0) is 6.42 Å². The van der Waals surface area contributed by atoms with Gasteiger partial charge in [-0.25, -0.2) is 0 Å². The molecule has 0 amide bonds. The molecule has 2 atom stereocenters. The van der Waals surface area contributed by atoms with Crippen molar-refractivity contribution in [1.29, 1.82) is 0 Å². The molecule has 25 heavy (non-hydrogen) atoms. The van der Waals surface area contributed by atoms with Crippen LogP contribution in [0.5, 0.6) is 0 Å². The largest absolute Gasteiger partial charge is 0.327 e. The third-order valence-electron chi connectivity index (χ3n) is 4.44. The minimum atomic E-state index is 0.0474. The molecule has 0 spiro atoms. The molecular weight excluding hydrogens is 349 g/mol. The predicted molar refractivity (Wildman–Crippen MR) is 110 cm³/mol.